The number of alkyl halides is 12. The molecule has 198 valence electrons. The minimum absolute atomic E-state index is 0.0536. The molecule has 35 heavy (non-hydrogen) atoms. The van der Waals surface area contributed by atoms with Gasteiger partial charge in [0.1, 0.15) is 4.60 Å². The molecule has 0 aromatic carbocycles. The third-order valence-corrected chi connectivity index (χ3v) is 3.91. The molecule has 0 spiro atoms. The standard InChI is InChI=1S/C8H5BrF6N2O.C8H6F6N2O/c9-5-3(16)1-2-4(17-5)18-6(7(10,11)12)8(13,14)15;9-7(10,11)6(8(12,13)14)17-5-2-1-4(15)3-16-5/h1-2,6H,16H2;1-3,6H,15H2. The first-order valence-electron chi connectivity index (χ1n) is 8.36. The second-order valence-electron chi connectivity index (χ2n) is 6.12. The van der Waals surface area contributed by atoms with Crippen molar-refractivity contribution in [3.8, 4) is 11.8 Å². The quantitative estimate of drug-likeness (QED) is 0.339. The van der Waals surface area contributed by atoms with E-state index in [9.17, 15) is 52.7 Å². The Hall–Kier alpha value is -2.86. The van der Waals surface area contributed by atoms with E-state index in [1.807, 2.05) is 0 Å². The number of nitrogens with zero attached hydrogens (tertiary/aromatic N) is 2. The van der Waals surface area contributed by atoms with Crippen LogP contribution < -0.4 is 20.9 Å². The van der Waals surface area contributed by atoms with E-state index in [1.165, 1.54) is 0 Å². The Kier molecular flexibility index (Phi) is 9.32. The molecule has 0 unspecified atom stereocenters. The number of pyridine rings is 2. The SMILES string of the molecule is Nc1ccc(OC(C(F)(F)F)C(F)(F)F)nc1.Nc1ccc(OC(C(F)(F)F)C(F)(F)F)nc1Br. The van der Waals surface area contributed by atoms with Gasteiger partial charge in [0.2, 0.25) is 11.8 Å². The van der Waals surface area contributed by atoms with Gasteiger partial charge in [-0.1, -0.05) is 0 Å². The molecule has 6 nitrogen and oxygen atoms in total. The second kappa shape index (κ2) is 10.8. The number of aromatic nitrogens is 2. The first-order valence-corrected chi connectivity index (χ1v) is 9.15. The summed E-state index contributed by atoms with van der Waals surface area (Å²) >= 11 is 2.76. The fourth-order valence-corrected chi connectivity index (χ4v) is 2.14. The Bertz CT molecular complexity index is 933. The van der Waals surface area contributed by atoms with Gasteiger partial charge in [0.05, 0.1) is 17.6 Å². The van der Waals surface area contributed by atoms with Crippen molar-refractivity contribution in [1.29, 1.82) is 0 Å². The lowest BCUT2D eigenvalue weighted by Gasteiger charge is -2.23. The first kappa shape index (κ1) is 30.2. The normalized spacial score (nSPS) is 12.9. The van der Waals surface area contributed by atoms with Gasteiger partial charge in [-0.3, -0.25) is 0 Å². The monoisotopic (exact) mass is 598 g/mol. The van der Waals surface area contributed by atoms with Gasteiger partial charge in [-0.2, -0.15) is 52.7 Å². The summed E-state index contributed by atoms with van der Waals surface area (Å²) in [5, 5.41) is 0. The van der Waals surface area contributed by atoms with Gasteiger partial charge >= 0.3 is 24.7 Å². The lowest BCUT2D eigenvalue weighted by molar-refractivity contribution is -0.301. The van der Waals surface area contributed by atoms with Crippen molar-refractivity contribution in [3.63, 3.8) is 0 Å². The molecule has 0 bridgehead atoms. The number of ether oxygens (including phenoxy) is 2. The summed E-state index contributed by atoms with van der Waals surface area (Å²) in [6.07, 6.45) is -29.3. The van der Waals surface area contributed by atoms with Gasteiger partial charge in [-0.05, 0) is 28.1 Å². The van der Waals surface area contributed by atoms with Gasteiger partial charge < -0.3 is 20.9 Å². The molecule has 4 N–H and O–H groups in total. The van der Waals surface area contributed by atoms with Crippen LogP contribution >= 0.6 is 15.9 Å². The smallest absolute Gasteiger partial charge is 0.434 e. The number of rotatable bonds is 4. The van der Waals surface area contributed by atoms with E-state index in [4.69, 9.17) is 11.5 Å². The van der Waals surface area contributed by atoms with Crippen molar-refractivity contribution in [2.45, 2.75) is 36.9 Å². The Morgan fingerprint density at radius 2 is 1.06 bits per heavy atom. The summed E-state index contributed by atoms with van der Waals surface area (Å²) in [7, 11) is 0. The van der Waals surface area contributed by atoms with Crippen LogP contribution in [0.3, 0.4) is 0 Å². The number of nitrogens with two attached hydrogens (primary N) is 2. The molecule has 2 rings (SSSR count). The average molecular weight is 599 g/mol. The van der Waals surface area contributed by atoms with Crippen LogP contribution in [0.25, 0.3) is 0 Å². The molecule has 0 fully saturated rings. The number of anilines is 2. The topological polar surface area (TPSA) is 96.3 Å². The van der Waals surface area contributed by atoms with E-state index in [0.717, 1.165) is 30.5 Å². The lowest BCUT2D eigenvalue weighted by Crippen LogP contribution is -2.46. The second-order valence-corrected chi connectivity index (χ2v) is 6.87. The Balaban J connectivity index is 0.000000351. The molecule has 0 atom stereocenters. The van der Waals surface area contributed by atoms with Gasteiger partial charge in [-0.15, -0.1) is 0 Å². The van der Waals surface area contributed by atoms with Crippen LogP contribution in [0.5, 0.6) is 11.8 Å². The van der Waals surface area contributed by atoms with Crippen LogP contribution in [-0.4, -0.2) is 46.9 Å². The average Bonchev–Trinajstić information content (AvgIpc) is 2.65. The number of nitrogen functional groups attached to an aromatic ring is 2. The fraction of sp³-hybridized carbons (Fsp3) is 0.375. The van der Waals surface area contributed by atoms with Crippen molar-refractivity contribution in [1.82, 2.24) is 9.97 Å². The van der Waals surface area contributed by atoms with Crippen LogP contribution in [0.4, 0.5) is 64.1 Å². The molecule has 0 saturated heterocycles. The van der Waals surface area contributed by atoms with Crippen molar-refractivity contribution in [2.75, 3.05) is 11.5 Å². The predicted molar refractivity (Wildman–Crippen MR) is 98.1 cm³/mol. The maximum absolute atomic E-state index is 12.2. The highest BCUT2D eigenvalue weighted by molar-refractivity contribution is 9.10. The maximum atomic E-state index is 12.2. The highest BCUT2D eigenvalue weighted by Crippen LogP contribution is 2.37. The summed E-state index contributed by atoms with van der Waals surface area (Å²) in [4.78, 5) is 6.51. The molecule has 0 aliphatic carbocycles. The molecule has 0 saturated carbocycles. The van der Waals surface area contributed by atoms with E-state index in [-0.39, 0.29) is 16.0 Å². The van der Waals surface area contributed by atoms with E-state index < -0.39 is 48.7 Å². The van der Waals surface area contributed by atoms with E-state index >= 15 is 0 Å². The Morgan fingerprint density at radius 3 is 1.40 bits per heavy atom. The summed E-state index contributed by atoms with van der Waals surface area (Å²) in [5.41, 5.74) is 10.6. The number of hydrogen-bond acceptors (Lipinski definition) is 6. The molecule has 0 aliphatic rings. The molecule has 19 heteroatoms. The summed E-state index contributed by atoms with van der Waals surface area (Å²) in [6, 6.07) is 3.77. The van der Waals surface area contributed by atoms with Gasteiger partial charge in [0.25, 0.3) is 12.2 Å². The number of halogens is 13. The fourth-order valence-electron chi connectivity index (χ4n) is 1.84. The zero-order valence-corrected chi connectivity index (χ0v) is 17.9. The van der Waals surface area contributed by atoms with Crippen LogP contribution in [0.1, 0.15) is 0 Å². The minimum Gasteiger partial charge on any atom is -0.455 e. The van der Waals surface area contributed by atoms with Crippen LogP contribution in [0, 0.1) is 0 Å². The minimum atomic E-state index is -5.59. The van der Waals surface area contributed by atoms with Crippen LogP contribution in [-0.2, 0) is 0 Å². The van der Waals surface area contributed by atoms with Gasteiger partial charge in [0.15, 0.2) is 0 Å². The largest absolute Gasteiger partial charge is 0.455 e. The Morgan fingerprint density at radius 1 is 0.657 bits per heavy atom. The molecule has 2 aromatic rings. The molecule has 0 radical (unpaired) electrons. The molecular weight excluding hydrogens is 588 g/mol. The van der Waals surface area contributed by atoms with Crippen molar-refractivity contribution >= 4 is 27.3 Å². The third-order valence-electron chi connectivity index (χ3n) is 3.28. The zero-order chi connectivity index (χ0) is 27.4. The molecule has 2 aromatic heterocycles. The molecule has 0 amide bonds. The summed E-state index contributed by atoms with van der Waals surface area (Å²) < 4.78 is 153. The van der Waals surface area contributed by atoms with E-state index in [2.05, 4.69) is 35.4 Å². The van der Waals surface area contributed by atoms with Gasteiger partial charge in [0, 0.05) is 12.1 Å². The van der Waals surface area contributed by atoms with Gasteiger partial charge in [-0.25, -0.2) is 9.97 Å². The highest BCUT2D eigenvalue weighted by atomic mass is 79.9. The first-order chi connectivity index (χ1) is 15.6. The molecular formula is C16H11BrF12N4O2. The van der Waals surface area contributed by atoms with Crippen LogP contribution in [0.2, 0.25) is 0 Å². The van der Waals surface area contributed by atoms with Crippen molar-refractivity contribution < 1.29 is 62.2 Å². The van der Waals surface area contributed by atoms with Crippen molar-refractivity contribution in [2.24, 2.45) is 0 Å². The van der Waals surface area contributed by atoms with Crippen LogP contribution in [0.15, 0.2) is 35.1 Å². The predicted octanol–water partition coefficient (Wildman–Crippen LogP) is 5.83. The summed E-state index contributed by atoms with van der Waals surface area (Å²) in [6.45, 7) is 0. The Labute approximate surface area is 195 Å². The highest BCUT2D eigenvalue weighted by Gasteiger charge is 2.60. The number of hydrogen-bond donors (Lipinski definition) is 2. The zero-order valence-electron chi connectivity index (χ0n) is 16.3. The van der Waals surface area contributed by atoms with E-state index in [0.29, 0.717) is 0 Å². The summed E-state index contributed by atoms with van der Waals surface area (Å²) in [5.74, 6) is -1.64. The van der Waals surface area contributed by atoms with E-state index in [1.54, 1.807) is 0 Å². The third kappa shape index (κ3) is 9.73. The molecule has 2 heterocycles. The molecule has 0 aliphatic heterocycles. The lowest BCUT2D eigenvalue weighted by atomic mass is 10.3. The van der Waals surface area contributed by atoms with Crippen molar-refractivity contribution in [3.05, 3.63) is 35.1 Å². The maximum Gasteiger partial charge on any atom is 0.434 e.